The van der Waals surface area contributed by atoms with Gasteiger partial charge in [0.1, 0.15) is 5.82 Å². The number of benzene rings is 2. The number of carbonyl (C=O) groups is 1. The Labute approximate surface area is 146 Å². The molecule has 0 bridgehead atoms. The Morgan fingerprint density at radius 3 is 2.48 bits per heavy atom. The maximum absolute atomic E-state index is 13.7. The zero-order valence-corrected chi connectivity index (χ0v) is 14.0. The SMILES string of the molecule is CCOCc1ccccc1CNC(=O)NCc1cc(C#N)ccc1F. The van der Waals surface area contributed by atoms with Crippen LogP contribution in [-0.4, -0.2) is 12.6 Å². The summed E-state index contributed by atoms with van der Waals surface area (Å²) in [4.78, 5) is 11.9. The maximum Gasteiger partial charge on any atom is 0.315 e. The molecule has 6 heteroatoms. The first-order valence-electron chi connectivity index (χ1n) is 7.98. The fraction of sp³-hybridized carbons (Fsp3) is 0.263. The molecule has 2 amide bonds. The van der Waals surface area contributed by atoms with Gasteiger partial charge in [0.25, 0.3) is 0 Å². The molecule has 2 N–H and O–H groups in total. The van der Waals surface area contributed by atoms with E-state index < -0.39 is 11.8 Å². The Kier molecular flexibility index (Phi) is 6.93. The predicted molar refractivity (Wildman–Crippen MR) is 92.0 cm³/mol. The summed E-state index contributed by atoms with van der Waals surface area (Å²) in [6.45, 7) is 3.38. The average molecular weight is 341 g/mol. The smallest absolute Gasteiger partial charge is 0.315 e. The lowest BCUT2D eigenvalue weighted by atomic mass is 10.1. The van der Waals surface area contributed by atoms with Crippen molar-refractivity contribution in [2.75, 3.05) is 6.61 Å². The molecule has 25 heavy (non-hydrogen) atoms. The lowest BCUT2D eigenvalue weighted by Crippen LogP contribution is -2.35. The molecule has 2 aromatic carbocycles. The number of nitrogens with one attached hydrogen (secondary N) is 2. The molecule has 0 saturated heterocycles. The molecule has 0 spiro atoms. The topological polar surface area (TPSA) is 74.2 Å². The summed E-state index contributed by atoms with van der Waals surface area (Å²) in [5.74, 6) is -0.457. The van der Waals surface area contributed by atoms with Crippen LogP contribution in [0.4, 0.5) is 9.18 Å². The summed E-state index contributed by atoms with van der Waals surface area (Å²) in [6.07, 6.45) is 0. The van der Waals surface area contributed by atoms with Crippen LogP contribution in [-0.2, 0) is 24.4 Å². The molecule has 0 aliphatic rings. The minimum atomic E-state index is -0.457. The maximum atomic E-state index is 13.7. The molecule has 0 fully saturated rings. The minimum Gasteiger partial charge on any atom is -0.377 e. The molecular formula is C19H20FN3O2. The van der Waals surface area contributed by atoms with Crippen LogP contribution in [0.2, 0.25) is 0 Å². The molecule has 2 aromatic rings. The van der Waals surface area contributed by atoms with Crippen LogP contribution in [0.1, 0.15) is 29.2 Å². The van der Waals surface area contributed by atoms with Gasteiger partial charge in [0.05, 0.1) is 18.2 Å². The van der Waals surface area contributed by atoms with Gasteiger partial charge in [-0.3, -0.25) is 0 Å². The van der Waals surface area contributed by atoms with E-state index >= 15 is 0 Å². The third-order valence-corrected chi connectivity index (χ3v) is 3.63. The summed E-state index contributed by atoms with van der Waals surface area (Å²) in [6, 6.07) is 13.3. The van der Waals surface area contributed by atoms with Crippen LogP contribution in [0, 0.1) is 17.1 Å². The number of ether oxygens (including phenoxy) is 1. The van der Waals surface area contributed by atoms with Gasteiger partial charge in [-0.2, -0.15) is 5.26 Å². The summed E-state index contributed by atoms with van der Waals surface area (Å²) >= 11 is 0. The van der Waals surface area contributed by atoms with E-state index in [1.165, 1.54) is 18.2 Å². The second-order valence-electron chi connectivity index (χ2n) is 5.36. The van der Waals surface area contributed by atoms with Crippen molar-refractivity contribution < 1.29 is 13.9 Å². The number of carbonyl (C=O) groups excluding carboxylic acids is 1. The average Bonchev–Trinajstić information content (AvgIpc) is 2.64. The molecule has 0 aliphatic carbocycles. The minimum absolute atomic E-state index is 0.00772. The van der Waals surface area contributed by atoms with E-state index in [4.69, 9.17) is 10.00 Å². The van der Waals surface area contributed by atoms with Gasteiger partial charge in [-0.05, 0) is 36.2 Å². The number of hydrogen-bond donors (Lipinski definition) is 2. The summed E-state index contributed by atoms with van der Waals surface area (Å²) in [5.41, 5.74) is 2.59. The highest BCUT2D eigenvalue weighted by Crippen LogP contribution is 2.11. The molecular weight excluding hydrogens is 321 g/mol. The third-order valence-electron chi connectivity index (χ3n) is 3.63. The van der Waals surface area contributed by atoms with Gasteiger partial charge >= 0.3 is 6.03 Å². The number of rotatable bonds is 7. The number of urea groups is 1. The van der Waals surface area contributed by atoms with E-state index in [0.29, 0.717) is 25.3 Å². The fourth-order valence-corrected chi connectivity index (χ4v) is 2.28. The zero-order chi connectivity index (χ0) is 18.1. The molecule has 0 atom stereocenters. The lowest BCUT2D eigenvalue weighted by Gasteiger charge is -2.12. The molecule has 5 nitrogen and oxygen atoms in total. The normalized spacial score (nSPS) is 10.1. The largest absolute Gasteiger partial charge is 0.377 e. The van der Waals surface area contributed by atoms with Crippen molar-refractivity contribution in [1.29, 1.82) is 5.26 Å². The number of nitrogens with zero attached hydrogens (tertiary/aromatic N) is 1. The molecule has 0 unspecified atom stereocenters. The summed E-state index contributed by atoms with van der Waals surface area (Å²) < 4.78 is 19.1. The van der Waals surface area contributed by atoms with Crippen LogP contribution in [0.25, 0.3) is 0 Å². The standard InChI is InChI=1S/C19H20FN3O2/c1-2-25-13-16-6-4-3-5-15(16)11-22-19(24)23-12-17-9-14(10-21)7-8-18(17)20/h3-9H,2,11-13H2,1H3,(H2,22,23,24). The molecule has 0 aliphatic heterocycles. The van der Waals surface area contributed by atoms with Gasteiger partial charge in [0.2, 0.25) is 0 Å². The van der Waals surface area contributed by atoms with Gasteiger partial charge in [-0.15, -0.1) is 0 Å². The third kappa shape index (κ3) is 5.59. The Balaban J connectivity index is 1.88. The van der Waals surface area contributed by atoms with E-state index in [2.05, 4.69) is 10.6 Å². The second-order valence-corrected chi connectivity index (χ2v) is 5.36. The predicted octanol–water partition coefficient (Wildman–Crippen LogP) is 3.23. The molecule has 0 heterocycles. The lowest BCUT2D eigenvalue weighted by molar-refractivity contribution is 0.133. The Hall–Kier alpha value is -2.91. The zero-order valence-electron chi connectivity index (χ0n) is 14.0. The highest BCUT2D eigenvalue weighted by molar-refractivity contribution is 5.73. The number of amides is 2. The van der Waals surface area contributed by atoms with Gasteiger partial charge in [0.15, 0.2) is 0 Å². The van der Waals surface area contributed by atoms with Crippen LogP contribution in [0.15, 0.2) is 42.5 Å². The Morgan fingerprint density at radius 1 is 1.12 bits per heavy atom. The first kappa shape index (κ1) is 18.4. The molecule has 0 aromatic heterocycles. The monoisotopic (exact) mass is 341 g/mol. The second kappa shape index (κ2) is 9.40. The summed E-state index contributed by atoms with van der Waals surface area (Å²) in [7, 11) is 0. The van der Waals surface area contributed by atoms with E-state index in [1.807, 2.05) is 37.3 Å². The Morgan fingerprint density at radius 2 is 1.80 bits per heavy atom. The molecule has 0 radical (unpaired) electrons. The fourth-order valence-electron chi connectivity index (χ4n) is 2.28. The highest BCUT2D eigenvalue weighted by atomic mass is 19.1. The van der Waals surface area contributed by atoms with Crippen molar-refractivity contribution in [2.24, 2.45) is 0 Å². The van der Waals surface area contributed by atoms with Crippen molar-refractivity contribution in [3.63, 3.8) is 0 Å². The van der Waals surface area contributed by atoms with E-state index in [9.17, 15) is 9.18 Å². The first-order valence-corrected chi connectivity index (χ1v) is 7.98. The number of halogens is 1. The van der Waals surface area contributed by atoms with E-state index in [1.54, 1.807) is 0 Å². The van der Waals surface area contributed by atoms with Crippen molar-refractivity contribution in [1.82, 2.24) is 10.6 Å². The van der Waals surface area contributed by atoms with Gasteiger partial charge in [-0.1, -0.05) is 24.3 Å². The van der Waals surface area contributed by atoms with Crippen molar-refractivity contribution in [3.05, 3.63) is 70.5 Å². The quantitative estimate of drug-likeness (QED) is 0.812. The Bertz CT molecular complexity index is 772. The van der Waals surface area contributed by atoms with Crippen LogP contribution < -0.4 is 10.6 Å². The summed E-state index contributed by atoms with van der Waals surface area (Å²) in [5, 5.41) is 14.2. The molecule has 0 saturated carbocycles. The number of nitriles is 1. The van der Waals surface area contributed by atoms with Crippen LogP contribution in [0.3, 0.4) is 0 Å². The number of hydrogen-bond acceptors (Lipinski definition) is 3. The van der Waals surface area contributed by atoms with Crippen molar-refractivity contribution >= 4 is 6.03 Å². The van der Waals surface area contributed by atoms with Crippen molar-refractivity contribution in [3.8, 4) is 6.07 Å². The van der Waals surface area contributed by atoms with E-state index in [-0.39, 0.29) is 12.1 Å². The molecule has 2 rings (SSSR count). The van der Waals surface area contributed by atoms with Crippen LogP contribution in [0.5, 0.6) is 0 Å². The van der Waals surface area contributed by atoms with Gasteiger partial charge in [-0.25, -0.2) is 9.18 Å². The van der Waals surface area contributed by atoms with Gasteiger partial charge in [0, 0.05) is 25.3 Å². The van der Waals surface area contributed by atoms with Crippen molar-refractivity contribution in [2.45, 2.75) is 26.6 Å². The highest BCUT2D eigenvalue weighted by Gasteiger charge is 2.07. The van der Waals surface area contributed by atoms with Gasteiger partial charge < -0.3 is 15.4 Å². The first-order chi connectivity index (χ1) is 12.1. The molecule has 130 valence electrons. The van der Waals surface area contributed by atoms with Crippen LogP contribution >= 0.6 is 0 Å². The van der Waals surface area contributed by atoms with E-state index in [0.717, 1.165) is 11.1 Å².